The molecule has 0 spiro atoms. The molecule has 0 aliphatic carbocycles. The highest BCUT2D eigenvalue weighted by atomic mass is 35.5. The second kappa shape index (κ2) is 34.0. The lowest BCUT2D eigenvalue weighted by Gasteiger charge is -2.33. The Morgan fingerprint density at radius 1 is 0.500 bits per heavy atom. The van der Waals surface area contributed by atoms with E-state index in [-0.39, 0.29) is 103 Å². The van der Waals surface area contributed by atoms with E-state index in [1.54, 1.807) is 21.9 Å². The van der Waals surface area contributed by atoms with E-state index in [0.717, 1.165) is 70.7 Å². The number of carboxylic acids is 2. The van der Waals surface area contributed by atoms with Gasteiger partial charge in [0.1, 0.15) is 0 Å². The number of nitrogens with one attached hydrogen (secondary N) is 2. The maximum Gasteiger partial charge on any atom is 0.317 e. The molecule has 4 aromatic carbocycles. The summed E-state index contributed by atoms with van der Waals surface area (Å²) >= 11 is 25.9. The Morgan fingerprint density at radius 3 is 1.24 bits per heavy atom. The number of carboxylic acid groups (broad SMARTS) is 2. The Kier molecular flexibility index (Phi) is 26.5. The van der Waals surface area contributed by atoms with Crippen molar-refractivity contribution in [1.29, 1.82) is 0 Å². The van der Waals surface area contributed by atoms with Crippen molar-refractivity contribution in [2.45, 2.75) is 38.0 Å². The zero-order chi connectivity index (χ0) is 62.7. The molecule has 22 nitrogen and oxygen atoms in total. The highest BCUT2D eigenvalue weighted by molar-refractivity contribution is 6.36. The van der Waals surface area contributed by atoms with Crippen LogP contribution in [0.25, 0.3) is 0 Å². The summed E-state index contributed by atoms with van der Waals surface area (Å²) in [5, 5.41) is 26.9. The predicted molar refractivity (Wildman–Crippen MR) is 331 cm³/mol. The summed E-state index contributed by atoms with van der Waals surface area (Å²) in [6, 6.07) is 19.7. The van der Waals surface area contributed by atoms with Gasteiger partial charge in [0.15, 0.2) is 0 Å². The van der Waals surface area contributed by atoms with Gasteiger partial charge in [0.25, 0.3) is 11.8 Å². The molecule has 0 bridgehead atoms. The topological polar surface area (TPSA) is 242 Å². The number of benzene rings is 4. The quantitative estimate of drug-likeness (QED) is 0.0426. The Labute approximate surface area is 533 Å². The van der Waals surface area contributed by atoms with Crippen LogP contribution in [-0.4, -0.2) is 247 Å². The molecule has 4 heterocycles. The van der Waals surface area contributed by atoms with E-state index in [2.05, 4.69) is 46.7 Å². The van der Waals surface area contributed by atoms with E-state index in [4.69, 9.17) is 74.8 Å². The minimum atomic E-state index is -1.18. The standard InChI is InChI=1S/C62H78Cl4N8O14/c1-69-33-51(49-27-45(63)29-55(65)53(49)35-69)41-3-5-43-31-73(61(81)47(43)25-41)11-15-85-19-23-87-21-17-83-13-7-67-57(75)37-71(39-59(77)78)9-10-72(40-60(79)80)38-58(76)68-8-14-84-18-22-88-24-20-86-16-12-74-32-44-6-4-42(26-48(44)62(74)82)52-34-70(2)36-54-50(52)28-46(64)30-56(54)66/h3-6,25-30,51-52H,7-24,31-40H2,1-2H3,(H,67,75)(H,68,76)(H,77,78)(H,79,80). The van der Waals surface area contributed by atoms with Crippen LogP contribution < -0.4 is 10.6 Å². The minimum absolute atomic E-state index is 0.00387. The molecule has 26 heteroatoms. The van der Waals surface area contributed by atoms with Gasteiger partial charge >= 0.3 is 11.9 Å². The third-order valence-corrected chi connectivity index (χ3v) is 16.7. The van der Waals surface area contributed by atoms with Gasteiger partial charge < -0.3 is 68.9 Å². The fourth-order valence-electron chi connectivity index (χ4n) is 11.4. The smallest absolute Gasteiger partial charge is 0.317 e. The first-order chi connectivity index (χ1) is 42.4. The van der Waals surface area contributed by atoms with Crippen LogP contribution in [-0.2, 0) is 73.8 Å². The summed E-state index contributed by atoms with van der Waals surface area (Å²) in [7, 11) is 4.11. The van der Waals surface area contributed by atoms with Crippen LogP contribution in [0.3, 0.4) is 0 Å². The van der Waals surface area contributed by atoms with Crippen molar-refractivity contribution in [3.8, 4) is 0 Å². The van der Waals surface area contributed by atoms with Crippen LogP contribution in [0.15, 0.2) is 60.7 Å². The SMILES string of the molecule is CN1Cc2c(Cl)cc(Cl)cc2C(c2ccc3c(c2)C(=O)N(CCOCCOCCOCCNC(=O)CN(CCN(CC(=O)O)CC(=O)NCCOCCOCCOCCN2Cc4ccc(C5CN(C)Cc6c(Cl)cc(Cl)cc65)cc4C2=O)CC(=O)O)C3)C1. The molecule has 4 N–H and O–H groups in total. The van der Waals surface area contributed by atoms with Crippen LogP contribution in [0.4, 0.5) is 0 Å². The van der Waals surface area contributed by atoms with Crippen LogP contribution >= 0.6 is 46.4 Å². The molecule has 4 aromatic rings. The van der Waals surface area contributed by atoms with Gasteiger partial charge in [-0.15, -0.1) is 0 Å². The number of carbonyl (C=O) groups excluding carboxylic acids is 4. The van der Waals surface area contributed by atoms with Crippen LogP contribution in [0, 0.1) is 0 Å². The largest absolute Gasteiger partial charge is 0.480 e. The molecule has 2 atom stereocenters. The lowest BCUT2D eigenvalue weighted by atomic mass is 9.84. The number of nitrogens with zero attached hydrogens (tertiary/aromatic N) is 6. The monoisotopic (exact) mass is 1300 g/mol. The predicted octanol–water partition coefficient (Wildman–Crippen LogP) is 5.17. The molecular weight excluding hydrogens is 1220 g/mol. The van der Waals surface area contributed by atoms with Gasteiger partial charge in [-0.1, -0.05) is 70.7 Å². The highest BCUT2D eigenvalue weighted by Crippen LogP contribution is 2.41. The van der Waals surface area contributed by atoms with E-state index in [9.17, 15) is 39.0 Å². The first-order valence-corrected chi connectivity index (χ1v) is 31.0. The second-order valence-corrected chi connectivity index (χ2v) is 24.0. The number of likely N-dealkylation sites (N-methyl/N-ethyl adjacent to an activating group) is 2. The molecule has 88 heavy (non-hydrogen) atoms. The fourth-order valence-corrected chi connectivity index (χ4v) is 12.5. The molecule has 0 saturated carbocycles. The Bertz CT molecular complexity index is 2890. The van der Waals surface area contributed by atoms with E-state index in [1.807, 2.05) is 36.4 Å². The Hall–Kier alpha value is -5.54. The molecule has 0 saturated heterocycles. The number of rotatable bonds is 37. The molecule has 8 rings (SSSR count). The van der Waals surface area contributed by atoms with Gasteiger partial charge in [-0.25, -0.2) is 0 Å². The summed E-state index contributed by atoms with van der Waals surface area (Å²) in [6.07, 6.45) is 0. The van der Waals surface area contributed by atoms with Crippen molar-refractivity contribution in [3.63, 3.8) is 0 Å². The molecule has 4 aliphatic rings. The Morgan fingerprint density at radius 2 is 0.864 bits per heavy atom. The van der Waals surface area contributed by atoms with E-state index in [1.165, 1.54) is 9.80 Å². The molecule has 0 fully saturated rings. The number of halogens is 4. The van der Waals surface area contributed by atoms with Gasteiger partial charge in [-0.05, 0) is 95.0 Å². The number of hydrogen-bond donors (Lipinski definition) is 4. The number of carbonyl (C=O) groups is 6. The highest BCUT2D eigenvalue weighted by Gasteiger charge is 2.34. The first-order valence-electron chi connectivity index (χ1n) is 29.5. The molecule has 4 aliphatic heterocycles. The van der Waals surface area contributed by atoms with Gasteiger partial charge in [-0.3, -0.25) is 38.6 Å². The molecule has 0 radical (unpaired) electrons. The molecule has 0 aromatic heterocycles. The van der Waals surface area contributed by atoms with Crippen molar-refractivity contribution in [2.24, 2.45) is 0 Å². The number of amides is 4. The van der Waals surface area contributed by atoms with E-state index >= 15 is 0 Å². The van der Waals surface area contributed by atoms with Crippen molar-refractivity contribution in [2.75, 3.05) is 172 Å². The summed E-state index contributed by atoms with van der Waals surface area (Å²) in [4.78, 5) is 86.4. The van der Waals surface area contributed by atoms with Crippen LogP contribution in [0.5, 0.6) is 0 Å². The number of ether oxygens (including phenoxy) is 6. The normalized spacial score (nSPS) is 16.5. The lowest BCUT2D eigenvalue weighted by Crippen LogP contribution is -2.47. The van der Waals surface area contributed by atoms with Gasteiger partial charge in [0.05, 0.1) is 105 Å². The average molecular weight is 1300 g/mol. The zero-order valence-corrected chi connectivity index (χ0v) is 52.7. The zero-order valence-electron chi connectivity index (χ0n) is 49.7. The fraction of sp³-hybridized carbons (Fsp3) is 0.516. The maximum absolute atomic E-state index is 13.4. The average Bonchev–Trinajstić information content (AvgIpc) is 1.73. The third kappa shape index (κ3) is 20.0. The minimum Gasteiger partial charge on any atom is -0.480 e. The van der Waals surface area contributed by atoms with Crippen molar-refractivity contribution >= 4 is 82.0 Å². The number of aliphatic carboxylic acids is 2. The number of hydrogen-bond acceptors (Lipinski definition) is 16. The van der Waals surface area contributed by atoms with Crippen molar-refractivity contribution < 1.29 is 67.4 Å². The van der Waals surface area contributed by atoms with Gasteiger partial charge in [0.2, 0.25) is 11.8 Å². The lowest BCUT2D eigenvalue weighted by molar-refractivity contribution is -0.141. The summed E-state index contributed by atoms with van der Waals surface area (Å²) < 4.78 is 33.8. The van der Waals surface area contributed by atoms with Crippen molar-refractivity contribution in [3.05, 3.63) is 136 Å². The molecule has 4 amide bonds. The van der Waals surface area contributed by atoms with E-state index in [0.29, 0.717) is 97.0 Å². The van der Waals surface area contributed by atoms with Crippen LogP contribution in [0.1, 0.15) is 77.1 Å². The second-order valence-electron chi connectivity index (χ2n) is 22.3. The maximum atomic E-state index is 13.4. The van der Waals surface area contributed by atoms with Crippen LogP contribution in [0.2, 0.25) is 20.1 Å². The Balaban J connectivity index is 0.611. The molecule has 2 unspecified atom stereocenters. The molecular formula is C62H78Cl4N8O14. The van der Waals surface area contributed by atoms with Gasteiger partial charge in [0, 0.05) is 122 Å². The molecule has 478 valence electrons. The van der Waals surface area contributed by atoms with Gasteiger partial charge in [-0.2, -0.15) is 0 Å². The third-order valence-electron chi connectivity index (χ3n) is 15.6. The van der Waals surface area contributed by atoms with Crippen molar-refractivity contribution in [1.82, 2.24) is 40.0 Å². The van der Waals surface area contributed by atoms with E-state index < -0.39 is 36.8 Å². The summed E-state index contributed by atoms with van der Waals surface area (Å²) in [5.74, 6) is -3.27. The first kappa shape index (κ1) is 68.4. The number of fused-ring (bicyclic) bond motifs is 4. The summed E-state index contributed by atoms with van der Waals surface area (Å²) in [5.41, 5.74) is 9.73. The summed E-state index contributed by atoms with van der Waals surface area (Å²) in [6.45, 7) is 7.11.